The van der Waals surface area contributed by atoms with Crippen LogP contribution in [0.4, 0.5) is 30.4 Å². The van der Waals surface area contributed by atoms with E-state index in [0.717, 1.165) is 6.21 Å². The Balaban J connectivity index is 1.64. The molecule has 0 saturated heterocycles. The lowest BCUT2D eigenvalue weighted by molar-refractivity contribution is -0.144. The van der Waals surface area contributed by atoms with Gasteiger partial charge in [0.2, 0.25) is 17.5 Å². The quantitative estimate of drug-likeness (QED) is 0.172. The zero-order valence-corrected chi connectivity index (χ0v) is 16.4. The highest BCUT2D eigenvalue weighted by Gasteiger charge is 2.36. The minimum absolute atomic E-state index is 0.0807. The molecular formula is C18H15F3N10O2. The molecule has 15 heteroatoms. The van der Waals surface area contributed by atoms with Gasteiger partial charge in [-0.25, -0.2) is 4.98 Å². The highest BCUT2D eigenvalue weighted by molar-refractivity contribution is 6.03. The van der Waals surface area contributed by atoms with Gasteiger partial charge in [-0.2, -0.15) is 18.2 Å². The first-order valence-corrected chi connectivity index (χ1v) is 8.87. The van der Waals surface area contributed by atoms with Crippen LogP contribution in [0.25, 0.3) is 0 Å². The van der Waals surface area contributed by atoms with E-state index < -0.39 is 35.7 Å². The third kappa shape index (κ3) is 5.66. The van der Waals surface area contributed by atoms with Crippen LogP contribution in [0.15, 0.2) is 36.4 Å². The first-order chi connectivity index (χ1) is 15.6. The number of nitrogen functional groups attached to an aromatic ring is 1. The Morgan fingerprint density at radius 1 is 1.15 bits per heavy atom. The number of anilines is 3. The molecule has 0 bridgehead atoms. The van der Waals surface area contributed by atoms with Gasteiger partial charge in [0.05, 0.1) is 0 Å². The number of carbonyl (C=O) groups is 1. The number of nitrogens with one attached hydrogen (secondary N) is 6. The third-order valence-corrected chi connectivity index (χ3v) is 3.88. The zero-order valence-electron chi connectivity index (χ0n) is 16.4. The highest BCUT2D eigenvalue weighted by atomic mass is 19.4. The second kappa shape index (κ2) is 9.13. The first-order valence-electron chi connectivity index (χ1n) is 8.87. The monoisotopic (exact) mass is 460 g/mol. The number of alkyl halides is 3. The molecule has 0 saturated carbocycles. The van der Waals surface area contributed by atoms with Crippen molar-refractivity contribution in [1.29, 1.82) is 16.2 Å². The summed E-state index contributed by atoms with van der Waals surface area (Å²) in [5.41, 5.74) is 6.80. The number of ether oxygens (including phenoxy) is 1. The lowest BCUT2D eigenvalue weighted by Gasteiger charge is -2.11. The van der Waals surface area contributed by atoms with Crippen molar-refractivity contribution in [1.82, 2.24) is 20.2 Å². The molecule has 0 aliphatic carbocycles. The Morgan fingerprint density at radius 3 is 2.58 bits per heavy atom. The number of hydrogen-bond donors (Lipinski definition) is 7. The van der Waals surface area contributed by atoms with Crippen molar-refractivity contribution in [3.63, 3.8) is 0 Å². The molecule has 33 heavy (non-hydrogen) atoms. The summed E-state index contributed by atoms with van der Waals surface area (Å²) < 4.78 is 42.8. The molecule has 12 nitrogen and oxygen atoms in total. The Kier molecular flexibility index (Phi) is 6.32. The topological polar surface area (TPSA) is 202 Å². The summed E-state index contributed by atoms with van der Waals surface area (Å²) >= 11 is 0. The summed E-state index contributed by atoms with van der Waals surface area (Å²) in [5.74, 6) is -3.90. The number of nitrogens with zero attached hydrogens (tertiary/aromatic N) is 3. The maximum absolute atomic E-state index is 12.6. The third-order valence-electron chi connectivity index (χ3n) is 3.88. The summed E-state index contributed by atoms with van der Waals surface area (Å²) in [6.45, 7) is 0. The van der Waals surface area contributed by atoms with E-state index in [1.807, 2.05) is 0 Å². The summed E-state index contributed by atoms with van der Waals surface area (Å²) in [6, 6.07) is 8.14. The fraction of sp³-hybridized carbons (Fsp3) is 0.0556. The number of aromatic amines is 1. The van der Waals surface area contributed by atoms with E-state index in [9.17, 15) is 18.0 Å². The number of H-pyrrole nitrogens is 1. The van der Waals surface area contributed by atoms with E-state index in [-0.39, 0.29) is 11.5 Å². The molecule has 1 aromatic carbocycles. The Bertz CT molecular complexity index is 1240. The predicted molar refractivity (Wildman–Crippen MR) is 112 cm³/mol. The number of benzene rings is 1. The van der Waals surface area contributed by atoms with Crippen molar-refractivity contribution in [3.05, 3.63) is 59.3 Å². The van der Waals surface area contributed by atoms with E-state index in [1.54, 1.807) is 11.2 Å². The molecule has 0 atom stereocenters. The second-order valence-electron chi connectivity index (χ2n) is 6.24. The predicted octanol–water partition coefficient (Wildman–Crippen LogP) is 2.44. The average Bonchev–Trinajstić information content (AvgIpc) is 3.26. The zero-order chi connectivity index (χ0) is 24.2. The van der Waals surface area contributed by atoms with Crippen LogP contribution in [0, 0.1) is 16.2 Å². The maximum atomic E-state index is 12.6. The molecule has 0 aliphatic rings. The van der Waals surface area contributed by atoms with Crippen LogP contribution in [0.2, 0.25) is 0 Å². The van der Waals surface area contributed by atoms with Crippen LogP contribution in [0.1, 0.15) is 27.7 Å². The lowest BCUT2D eigenvalue weighted by Crippen LogP contribution is -2.21. The van der Waals surface area contributed by atoms with Crippen molar-refractivity contribution in [2.45, 2.75) is 6.18 Å². The van der Waals surface area contributed by atoms with Gasteiger partial charge in [-0.1, -0.05) is 6.07 Å². The van der Waals surface area contributed by atoms with Crippen molar-refractivity contribution in [2.24, 2.45) is 0 Å². The Labute approximate surface area is 182 Å². The van der Waals surface area contributed by atoms with E-state index in [2.05, 4.69) is 25.7 Å². The maximum Gasteiger partial charge on any atom is 0.451 e. The number of amidine groups is 1. The van der Waals surface area contributed by atoms with Gasteiger partial charge in [-0.05, 0) is 30.3 Å². The summed E-state index contributed by atoms with van der Waals surface area (Å²) in [4.78, 5) is 19.1. The number of carbonyl (C=O) groups excluding carboxylic acids is 1. The number of rotatable bonds is 5. The fourth-order valence-corrected chi connectivity index (χ4v) is 2.38. The number of aromatic nitrogens is 4. The van der Waals surface area contributed by atoms with Crippen molar-refractivity contribution in [3.8, 4) is 0 Å². The molecular weight excluding hydrogens is 445 g/mol. The smallest absolute Gasteiger partial charge is 0.405 e. The van der Waals surface area contributed by atoms with Crippen molar-refractivity contribution >= 4 is 41.2 Å². The molecule has 3 aromatic rings. The SMILES string of the molecule is N=Cc1cc(NC(=N)OC(=N)c2cccc(NC(=O)c3n[nH]c(C(F)(F)F)n3)n2)ccc1N. The van der Waals surface area contributed by atoms with Gasteiger partial charge >= 0.3 is 6.18 Å². The summed E-state index contributed by atoms with van der Waals surface area (Å²) in [6.07, 6.45) is -3.75. The van der Waals surface area contributed by atoms with E-state index in [0.29, 0.717) is 16.9 Å². The van der Waals surface area contributed by atoms with E-state index in [1.165, 1.54) is 30.3 Å². The molecule has 0 radical (unpaired) electrons. The largest absolute Gasteiger partial charge is 0.451 e. The summed E-state index contributed by atoms with van der Waals surface area (Å²) in [5, 5.41) is 32.7. The minimum atomic E-state index is -4.79. The van der Waals surface area contributed by atoms with Crippen LogP contribution in [-0.2, 0) is 10.9 Å². The van der Waals surface area contributed by atoms with E-state index >= 15 is 0 Å². The first kappa shape index (κ1) is 22.9. The van der Waals surface area contributed by atoms with Crippen molar-refractivity contribution in [2.75, 3.05) is 16.4 Å². The molecule has 170 valence electrons. The van der Waals surface area contributed by atoms with Gasteiger partial charge in [0, 0.05) is 23.2 Å². The van der Waals surface area contributed by atoms with Gasteiger partial charge in [-0.3, -0.25) is 20.7 Å². The van der Waals surface area contributed by atoms with Gasteiger partial charge in [-0.15, -0.1) is 5.10 Å². The molecule has 8 N–H and O–H groups in total. The Morgan fingerprint density at radius 2 is 1.91 bits per heavy atom. The van der Waals surface area contributed by atoms with Crippen molar-refractivity contribution < 1.29 is 22.7 Å². The lowest BCUT2D eigenvalue weighted by atomic mass is 10.2. The molecule has 1 amide bonds. The Hall–Kier alpha value is -4.82. The number of amides is 1. The summed E-state index contributed by atoms with van der Waals surface area (Å²) in [7, 11) is 0. The van der Waals surface area contributed by atoms with E-state index in [4.69, 9.17) is 26.7 Å². The normalized spacial score (nSPS) is 10.9. The van der Waals surface area contributed by atoms with Crippen LogP contribution in [0.3, 0.4) is 0 Å². The van der Waals surface area contributed by atoms with Crippen LogP contribution in [0.5, 0.6) is 0 Å². The molecule has 2 heterocycles. The van der Waals surface area contributed by atoms with Crippen LogP contribution in [-0.4, -0.2) is 44.2 Å². The minimum Gasteiger partial charge on any atom is -0.405 e. The molecule has 0 aliphatic heterocycles. The second-order valence-corrected chi connectivity index (χ2v) is 6.24. The van der Waals surface area contributed by atoms with Gasteiger partial charge in [0.1, 0.15) is 11.5 Å². The molecule has 0 unspecified atom stereocenters. The number of nitrogens with two attached hydrogens (primary N) is 1. The number of pyridine rings is 1. The van der Waals surface area contributed by atoms with Gasteiger partial charge < -0.3 is 26.5 Å². The molecule has 2 aromatic heterocycles. The number of halogens is 3. The molecule has 0 fully saturated rings. The molecule has 0 spiro atoms. The van der Waals surface area contributed by atoms with Gasteiger partial charge in [0.15, 0.2) is 0 Å². The standard InChI is InChI=1S/C18H15F3N10O2/c19-18(20,21)16-29-14(30-31-16)15(32)28-12-3-1-2-11(27-12)13(24)33-17(25)26-9-4-5-10(23)8(6-9)7-22/h1-7,22,24H,23H2,(H2,25,26)(H,27,28,32)(H,29,30,31). The van der Waals surface area contributed by atoms with Gasteiger partial charge in [0.25, 0.3) is 11.9 Å². The van der Waals surface area contributed by atoms with Crippen LogP contribution >= 0.6 is 0 Å². The highest BCUT2D eigenvalue weighted by Crippen LogP contribution is 2.25. The molecule has 3 rings (SSSR count). The number of hydrogen-bond acceptors (Lipinski definition) is 9. The van der Waals surface area contributed by atoms with Crippen LogP contribution < -0.4 is 16.4 Å². The fourth-order valence-electron chi connectivity index (χ4n) is 2.38. The average molecular weight is 460 g/mol.